The summed E-state index contributed by atoms with van der Waals surface area (Å²) in [4.78, 5) is 12.8. The van der Waals surface area contributed by atoms with Crippen molar-refractivity contribution in [2.24, 2.45) is 7.05 Å². The molecule has 1 N–H and O–H groups in total. The van der Waals surface area contributed by atoms with Gasteiger partial charge in [-0.25, -0.2) is 8.42 Å². The number of aromatic nitrogens is 4. The van der Waals surface area contributed by atoms with Crippen molar-refractivity contribution in [3.8, 4) is 0 Å². The van der Waals surface area contributed by atoms with Crippen molar-refractivity contribution in [2.75, 3.05) is 18.4 Å². The first kappa shape index (κ1) is 22.6. The summed E-state index contributed by atoms with van der Waals surface area (Å²) in [6.45, 7) is 6.21. The van der Waals surface area contributed by atoms with Gasteiger partial charge in [0, 0.05) is 31.7 Å². The molecule has 4 rings (SSSR count). The number of anilines is 1. The number of hydrogen-bond donors (Lipinski definition) is 1. The van der Waals surface area contributed by atoms with Crippen LogP contribution in [0.1, 0.15) is 50.5 Å². The third kappa shape index (κ3) is 4.32. The van der Waals surface area contributed by atoms with Gasteiger partial charge < -0.3 is 5.32 Å². The molecule has 0 bridgehead atoms. The maximum Gasteiger partial charge on any atom is 0.286 e. The van der Waals surface area contributed by atoms with Crippen molar-refractivity contribution < 1.29 is 13.2 Å². The first-order valence-corrected chi connectivity index (χ1v) is 12.6. The highest BCUT2D eigenvalue weighted by molar-refractivity contribution is 7.89. The molecule has 9 nitrogen and oxygen atoms in total. The number of carbonyl (C=O) groups excluding carboxylic acids is 1. The van der Waals surface area contributed by atoms with E-state index in [1.165, 1.54) is 15.6 Å². The van der Waals surface area contributed by atoms with E-state index in [0.717, 1.165) is 12.0 Å². The number of nitrogens with one attached hydrogen (secondary N) is 1. The Labute approximate surface area is 191 Å². The topological polar surface area (TPSA) is 110 Å². The van der Waals surface area contributed by atoms with E-state index in [1.807, 2.05) is 31.2 Å². The molecule has 11 heteroatoms. The highest BCUT2D eigenvalue weighted by Gasteiger charge is 2.35. The van der Waals surface area contributed by atoms with Crippen LogP contribution in [0.3, 0.4) is 0 Å². The van der Waals surface area contributed by atoms with E-state index >= 15 is 0 Å². The molecule has 1 saturated heterocycles. The number of hydrogen-bond acceptors (Lipinski definition) is 7. The van der Waals surface area contributed by atoms with E-state index in [1.54, 1.807) is 25.6 Å². The Kier molecular flexibility index (Phi) is 6.15. The Morgan fingerprint density at radius 2 is 1.88 bits per heavy atom. The highest BCUT2D eigenvalue weighted by atomic mass is 32.2. The smallest absolute Gasteiger partial charge is 0.286 e. The fourth-order valence-electron chi connectivity index (χ4n) is 3.93. The third-order valence-corrected chi connectivity index (χ3v) is 8.92. The van der Waals surface area contributed by atoms with Gasteiger partial charge in [-0.15, -0.1) is 10.2 Å². The molecule has 0 aliphatic carbocycles. The molecule has 0 spiro atoms. The standard InChI is InChI=1S/C21H26N6O3S2/c1-13-7-9-17(10-8-13)22-19(28)21-24-23-20(31-21)16-6-5-11-27(12-16)32(29,30)18-14(2)25-26(4)15(18)3/h7-10,16H,5-6,11-12H2,1-4H3,(H,22,28)/t16-/m1/s1. The van der Waals surface area contributed by atoms with Gasteiger partial charge in [0.15, 0.2) is 0 Å². The Bertz CT molecular complexity index is 1250. The number of sulfonamides is 1. The largest absolute Gasteiger partial charge is 0.320 e. The normalized spacial score (nSPS) is 17.4. The molecule has 3 aromatic rings. The second-order valence-corrected chi connectivity index (χ2v) is 11.0. The predicted molar refractivity (Wildman–Crippen MR) is 122 cm³/mol. The molecule has 3 heterocycles. The quantitative estimate of drug-likeness (QED) is 0.609. The average molecular weight is 475 g/mol. The molecular weight excluding hydrogens is 448 g/mol. The zero-order chi connectivity index (χ0) is 23.0. The van der Waals surface area contributed by atoms with Crippen molar-refractivity contribution in [3.05, 3.63) is 51.2 Å². The summed E-state index contributed by atoms with van der Waals surface area (Å²) in [6.07, 6.45) is 1.51. The van der Waals surface area contributed by atoms with Crippen LogP contribution in [0.4, 0.5) is 5.69 Å². The second-order valence-electron chi connectivity index (χ2n) is 8.09. The molecule has 1 aromatic carbocycles. The van der Waals surface area contributed by atoms with Crippen LogP contribution in [-0.2, 0) is 17.1 Å². The van der Waals surface area contributed by atoms with Crippen molar-refractivity contribution >= 4 is 33.0 Å². The van der Waals surface area contributed by atoms with Crippen molar-refractivity contribution in [2.45, 2.75) is 44.4 Å². The van der Waals surface area contributed by atoms with Gasteiger partial charge in [-0.05, 0) is 45.7 Å². The number of amides is 1. The van der Waals surface area contributed by atoms with Gasteiger partial charge in [-0.1, -0.05) is 29.0 Å². The summed E-state index contributed by atoms with van der Waals surface area (Å²) < 4.78 is 29.8. The minimum atomic E-state index is -3.67. The van der Waals surface area contributed by atoms with Crippen LogP contribution in [0.25, 0.3) is 0 Å². The van der Waals surface area contributed by atoms with Crippen LogP contribution in [0, 0.1) is 20.8 Å². The molecule has 2 aromatic heterocycles. The van der Waals surface area contributed by atoms with Gasteiger partial charge in [0.05, 0.1) is 11.4 Å². The van der Waals surface area contributed by atoms with E-state index in [4.69, 9.17) is 0 Å². The van der Waals surface area contributed by atoms with Crippen LogP contribution in [-0.4, -0.2) is 51.7 Å². The summed E-state index contributed by atoms with van der Waals surface area (Å²) in [5.41, 5.74) is 2.91. The van der Waals surface area contributed by atoms with Crippen LogP contribution >= 0.6 is 11.3 Å². The molecule has 1 fully saturated rings. The Hall–Kier alpha value is -2.63. The number of carbonyl (C=O) groups is 1. The second kappa shape index (κ2) is 8.72. The molecule has 1 amide bonds. The third-order valence-electron chi connectivity index (χ3n) is 5.72. The molecule has 0 unspecified atom stereocenters. The van der Waals surface area contributed by atoms with Crippen LogP contribution < -0.4 is 5.32 Å². The fraction of sp³-hybridized carbons (Fsp3) is 0.429. The summed E-state index contributed by atoms with van der Waals surface area (Å²) in [5.74, 6) is -0.422. The number of nitrogens with zero attached hydrogens (tertiary/aromatic N) is 5. The zero-order valence-corrected chi connectivity index (χ0v) is 20.1. The average Bonchev–Trinajstić information content (AvgIpc) is 3.35. The molecule has 1 aliphatic heterocycles. The Morgan fingerprint density at radius 1 is 1.16 bits per heavy atom. The SMILES string of the molecule is Cc1ccc(NC(=O)c2nnc([C@@H]3CCCN(S(=O)(=O)c4c(C)nn(C)c4C)C3)s2)cc1. The Morgan fingerprint density at radius 3 is 2.53 bits per heavy atom. The van der Waals surface area contributed by atoms with Gasteiger partial charge in [-0.2, -0.15) is 9.40 Å². The van der Waals surface area contributed by atoms with Gasteiger partial charge >= 0.3 is 0 Å². The molecule has 0 saturated carbocycles. The lowest BCUT2D eigenvalue weighted by atomic mass is 10.0. The van der Waals surface area contributed by atoms with E-state index < -0.39 is 10.0 Å². The fourth-order valence-corrected chi connectivity index (χ4v) is 6.72. The minimum absolute atomic E-state index is 0.103. The van der Waals surface area contributed by atoms with Gasteiger partial charge in [0.25, 0.3) is 5.91 Å². The molecule has 170 valence electrons. The number of aryl methyl sites for hydroxylation is 3. The lowest BCUT2D eigenvalue weighted by Gasteiger charge is -2.30. The summed E-state index contributed by atoms with van der Waals surface area (Å²) in [6, 6.07) is 7.51. The first-order chi connectivity index (χ1) is 15.2. The minimum Gasteiger partial charge on any atom is -0.320 e. The predicted octanol–water partition coefficient (Wildman–Crippen LogP) is 3.02. The maximum atomic E-state index is 13.3. The molecular formula is C21H26N6O3S2. The van der Waals surface area contributed by atoms with E-state index in [-0.39, 0.29) is 21.7 Å². The van der Waals surface area contributed by atoms with Crippen LogP contribution in [0.15, 0.2) is 29.2 Å². The van der Waals surface area contributed by atoms with Crippen molar-refractivity contribution in [1.82, 2.24) is 24.3 Å². The van der Waals surface area contributed by atoms with Crippen molar-refractivity contribution in [1.29, 1.82) is 0 Å². The number of rotatable bonds is 5. The first-order valence-electron chi connectivity index (χ1n) is 10.4. The molecule has 32 heavy (non-hydrogen) atoms. The van der Waals surface area contributed by atoms with Crippen molar-refractivity contribution in [3.63, 3.8) is 0 Å². The summed E-state index contributed by atoms with van der Waals surface area (Å²) >= 11 is 1.22. The van der Waals surface area contributed by atoms with Gasteiger partial charge in [-0.3, -0.25) is 9.48 Å². The van der Waals surface area contributed by atoms with E-state index in [2.05, 4.69) is 20.6 Å². The molecule has 1 atom stereocenters. The van der Waals surface area contributed by atoms with Gasteiger partial charge in [0.2, 0.25) is 15.0 Å². The van der Waals surface area contributed by atoms with Crippen LogP contribution in [0.2, 0.25) is 0 Å². The highest BCUT2D eigenvalue weighted by Crippen LogP contribution is 2.33. The lowest BCUT2D eigenvalue weighted by Crippen LogP contribution is -2.39. The Balaban J connectivity index is 1.50. The lowest BCUT2D eigenvalue weighted by molar-refractivity contribution is 0.102. The number of benzene rings is 1. The number of piperidine rings is 1. The summed E-state index contributed by atoms with van der Waals surface area (Å²) in [5, 5.41) is 16.3. The monoisotopic (exact) mass is 474 g/mol. The summed E-state index contributed by atoms with van der Waals surface area (Å²) in [7, 11) is -1.93. The van der Waals surface area contributed by atoms with Gasteiger partial charge in [0.1, 0.15) is 9.90 Å². The molecule has 1 aliphatic rings. The zero-order valence-electron chi connectivity index (χ0n) is 18.5. The maximum absolute atomic E-state index is 13.3. The van der Waals surface area contributed by atoms with E-state index in [9.17, 15) is 13.2 Å². The molecule has 0 radical (unpaired) electrons. The van der Waals surface area contributed by atoms with Crippen LogP contribution in [0.5, 0.6) is 0 Å². The van der Waals surface area contributed by atoms with E-state index in [0.29, 0.717) is 41.6 Å².